The summed E-state index contributed by atoms with van der Waals surface area (Å²) < 4.78 is 26.9. The van der Waals surface area contributed by atoms with E-state index in [-0.39, 0.29) is 30.1 Å². The van der Waals surface area contributed by atoms with Crippen LogP contribution in [0.5, 0.6) is 0 Å². The molecule has 1 aromatic carbocycles. The maximum Gasteiger partial charge on any atom is 0.308 e. The number of nitrogens with zero attached hydrogens (tertiary/aromatic N) is 1. The van der Waals surface area contributed by atoms with E-state index in [1.54, 1.807) is 6.92 Å². The Balaban J connectivity index is 2.25. The van der Waals surface area contributed by atoms with Gasteiger partial charge in [-0.25, -0.2) is 8.78 Å². The van der Waals surface area contributed by atoms with Gasteiger partial charge in [0, 0.05) is 19.2 Å². The van der Waals surface area contributed by atoms with E-state index in [0.29, 0.717) is 6.07 Å². The van der Waals surface area contributed by atoms with Crippen molar-refractivity contribution in [2.24, 2.45) is 11.8 Å². The predicted molar refractivity (Wildman–Crippen MR) is 67.3 cm³/mol. The maximum atomic E-state index is 13.7. The third-order valence-corrected chi connectivity index (χ3v) is 3.70. The van der Waals surface area contributed by atoms with E-state index in [0.717, 1.165) is 6.07 Å². The lowest BCUT2D eigenvalue weighted by Gasteiger charge is -2.16. The van der Waals surface area contributed by atoms with Gasteiger partial charge in [0.05, 0.1) is 11.5 Å². The van der Waals surface area contributed by atoms with Crippen molar-refractivity contribution in [3.8, 4) is 0 Å². The number of aryl methyl sites for hydroxylation is 1. The molecule has 1 N–H and O–H groups in total. The van der Waals surface area contributed by atoms with E-state index in [4.69, 9.17) is 5.11 Å². The van der Waals surface area contributed by atoms with Crippen LogP contribution in [0.25, 0.3) is 0 Å². The van der Waals surface area contributed by atoms with Crippen LogP contribution in [0.2, 0.25) is 0 Å². The molecule has 0 bridgehead atoms. The molecule has 1 heterocycles. The Morgan fingerprint density at radius 2 is 1.90 bits per heavy atom. The number of hydrogen-bond acceptors (Lipinski definition) is 2. The highest BCUT2D eigenvalue weighted by Crippen LogP contribution is 2.26. The molecule has 2 unspecified atom stereocenters. The molecule has 108 valence electrons. The zero-order valence-electron chi connectivity index (χ0n) is 11.2. The maximum absolute atomic E-state index is 13.7. The fourth-order valence-electron chi connectivity index (χ4n) is 2.45. The first kappa shape index (κ1) is 14.4. The molecule has 20 heavy (non-hydrogen) atoms. The van der Waals surface area contributed by atoms with E-state index >= 15 is 0 Å². The zero-order valence-corrected chi connectivity index (χ0v) is 11.2. The molecule has 1 aromatic rings. The fourth-order valence-corrected chi connectivity index (χ4v) is 2.45. The van der Waals surface area contributed by atoms with Gasteiger partial charge in [0.1, 0.15) is 11.6 Å². The van der Waals surface area contributed by atoms with Crippen molar-refractivity contribution < 1.29 is 23.5 Å². The first-order chi connectivity index (χ1) is 9.31. The number of carbonyl (C=O) groups is 2. The number of carboxylic acid groups (broad SMARTS) is 1. The summed E-state index contributed by atoms with van der Waals surface area (Å²) in [5, 5.41) is 9.03. The van der Waals surface area contributed by atoms with Gasteiger partial charge in [-0.2, -0.15) is 0 Å². The highest BCUT2D eigenvalue weighted by molar-refractivity contribution is 5.95. The molecule has 0 aliphatic carbocycles. The van der Waals surface area contributed by atoms with E-state index in [9.17, 15) is 18.4 Å². The molecule has 0 saturated carbocycles. The van der Waals surface area contributed by atoms with Crippen molar-refractivity contribution in [2.75, 3.05) is 13.1 Å². The largest absolute Gasteiger partial charge is 0.481 e. The summed E-state index contributed by atoms with van der Waals surface area (Å²) in [5.41, 5.74) is -0.0427. The topological polar surface area (TPSA) is 57.6 Å². The van der Waals surface area contributed by atoms with Gasteiger partial charge in [0.2, 0.25) is 0 Å². The molecule has 1 aliphatic heterocycles. The number of rotatable bonds is 2. The smallest absolute Gasteiger partial charge is 0.308 e. The van der Waals surface area contributed by atoms with Crippen LogP contribution in [0.4, 0.5) is 8.78 Å². The molecule has 1 amide bonds. The van der Waals surface area contributed by atoms with Gasteiger partial charge in [-0.1, -0.05) is 6.92 Å². The Morgan fingerprint density at radius 1 is 1.25 bits per heavy atom. The van der Waals surface area contributed by atoms with Crippen molar-refractivity contribution in [2.45, 2.75) is 13.8 Å². The zero-order chi connectivity index (χ0) is 15.0. The van der Waals surface area contributed by atoms with Crippen LogP contribution < -0.4 is 0 Å². The van der Waals surface area contributed by atoms with Crippen LogP contribution in [0.1, 0.15) is 22.8 Å². The molecule has 2 atom stereocenters. The minimum absolute atomic E-state index is 0.0468. The molecule has 1 saturated heterocycles. The summed E-state index contributed by atoms with van der Waals surface area (Å²) in [6, 6.07) is 1.84. The Kier molecular flexibility index (Phi) is 3.74. The van der Waals surface area contributed by atoms with Crippen molar-refractivity contribution in [3.63, 3.8) is 0 Å². The molecule has 1 fully saturated rings. The van der Waals surface area contributed by atoms with Crippen molar-refractivity contribution in [1.29, 1.82) is 0 Å². The summed E-state index contributed by atoms with van der Waals surface area (Å²) in [4.78, 5) is 24.5. The highest BCUT2D eigenvalue weighted by Gasteiger charge is 2.37. The van der Waals surface area contributed by atoms with Gasteiger partial charge in [0.15, 0.2) is 0 Å². The summed E-state index contributed by atoms with van der Waals surface area (Å²) in [5.74, 6) is -4.05. The second-order valence-corrected chi connectivity index (χ2v) is 5.21. The van der Waals surface area contributed by atoms with Gasteiger partial charge in [-0.15, -0.1) is 0 Å². The lowest BCUT2D eigenvalue weighted by Crippen LogP contribution is -2.30. The molecule has 0 aromatic heterocycles. The predicted octanol–water partition coefficient (Wildman–Crippen LogP) is 2.07. The number of aliphatic carboxylic acids is 1. The molecular weight excluding hydrogens is 268 g/mol. The van der Waals surface area contributed by atoms with Crippen LogP contribution in [0, 0.1) is 30.4 Å². The number of carbonyl (C=O) groups excluding carboxylic acids is 1. The van der Waals surface area contributed by atoms with E-state index < -0.39 is 29.4 Å². The number of hydrogen-bond donors (Lipinski definition) is 1. The Bertz CT molecular complexity index is 574. The van der Waals surface area contributed by atoms with Gasteiger partial charge in [-0.05, 0) is 24.5 Å². The number of amides is 1. The van der Waals surface area contributed by atoms with Gasteiger partial charge >= 0.3 is 5.97 Å². The number of likely N-dealkylation sites (tertiary alicyclic amines) is 1. The second-order valence-electron chi connectivity index (χ2n) is 5.21. The third kappa shape index (κ3) is 2.50. The first-order valence-corrected chi connectivity index (χ1v) is 6.29. The molecule has 6 heteroatoms. The number of benzene rings is 1. The highest BCUT2D eigenvalue weighted by atomic mass is 19.1. The quantitative estimate of drug-likeness (QED) is 0.904. The van der Waals surface area contributed by atoms with Gasteiger partial charge < -0.3 is 10.0 Å². The minimum Gasteiger partial charge on any atom is -0.481 e. The lowest BCUT2D eigenvalue weighted by molar-refractivity contribution is -0.142. The normalized spacial score (nSPS) is 22.1. The average molecular weight is 283 g/mol. The monoisotopic (exact) mass is 283 g/mol. The molecule has 0 spiro atoms. The molecular formula is C14H15F2NO3. The Labute approximate surface area is 115 Å². The van der Waals surface area contributed by atoms with Crippen LogP contribution in [0.3, 0.4) is 0 Å². The van der Waals surface area contributed by atoms with Gasteiger partial charge in [-0.3, -0.25) is 9.59 Å². The summed E-state index contributed by atoms with van der Waals surface area (Å²) in [6.45, 7) is 3.48. The van der Waals surface area contributed by atoms with E-state index in [1.807, 2.05) is 0 Å². The van der Waals surface area contributed by atoms with Crippen molar-refractivity contribution in [1.82, 2.24) is 4.90 Å². The standard InChI is InChI=1S/C14H15F2NO3/c1-7-3-9(12(16)4-11(7)15)13(18)17-5-8(2)10(6-17)14(19)20/h3-4,8,10H,5-6H2,1-2H3,(H,19,20). The van der Waals surface area contributed by atoms with Crippen LogP contribution in [0.15, 0.2) is 12.1 Å². The first-order valence-electron chi connectivity index (χ1n) is 6.29. The van der Waals surface area contributed by atoms with E-state index in [1.165, 1.54) is 11.8 Å². The minimum atomic E-state index is -0.969. The molecule has 1 aliphatic rings. The molecule has 2 rings (SSSR count). The summed E-state index contributed by atoms with van der Waals surface area (Å²) in [6.07, 6.45) is 0. The number of halogens is 2. The SMILES string of the molecule is Cc1cc(C(=O)N2CC(C)C(C(=O)O)C2)c(F)cc1F. The number of carboxylic acids is 1. The van der Waals surface area contributed by atoms with Gasteiger partial charge in [0.25, 0.3) is 5.91 Å². The fraction of sp³-hybridized carbons (Fsp3) is 0.429. The second kappa shape index (κ2) is 5.19. The van der Waals surface area contributed by atoms with E-state index in [2.05, 4.69) is 0 Å². The summed E-state index contributed by atoms with van der Waals surface area (Å²) in [7, 11) is 0. The third-order valence-electron chi connectivity index (χ3n) is 3.70. The summed E-state index contributed by atoms with van der Waals surface area (Å²) >= 11 is 0. The van der Waals surface area contributed by atoms with Crippen LogP contribution >= 0.6 is 0 Å². The Hall–Kier alpha value is -1.98. The lowest BCUT2D eigenvalue weighted by atomic mass is 9.99. The van der Waals surface area contributed by atoms with Crippen molar-refractivity contribution >= 4 is 11.9 Å². The average Bonchev–Trinajstić information content (AvgIpc) is 2.75. The Morgan fingerprint density at radius 3 is 2.45 bits per heavy atom. The molecule has 0 radical (unpaired) electrons. The molecule has 4 nitrogen and oxygen atoms in total. The van der Waals surface area contributed by atoms with Crippen LogP contribution in [-0.4, -0.2) is 35.0 Å². The van der Waals surface area contributed by atoms with Crippen LogP contribution in [-0.2, 0) is 4.79 Å². The van der Waals surface area contributed by atoms with Crippen molar-refractivity contribution in [3.05, 3.63) is 34.9 Å².